The summed E-state index contributed by atoms with van der Waals surface area (Å²) in [6.07, 6.45) is 0. The number of ether oxygens (including phenoxy) is 1. The molecule has 4 rings (SSSR count). The zero-order chi connectivity index (χ0) is 23.6. The smallest absolute Gasteiger partial charge is 0.343 e. The number of hydrogen-bond acceptors (Lipinski definition) is 6. The summed E-state index contributed by atoms with van der Waals surface area (Å²) in [5, 5.41) is 0.679. The fourth-order valence-electron chi connectivity index (χ4n) is 3.48. The Morgan fingerprint density at radius 3 is 2.42 bits per heavy atom. The molecule has 168 valence electrons. The molecule has 0 radical (unpaired) electrons. The summed E-state index contributed by atoms with van der Waals surface area (Å²) in [6.45, 7) is 3.64. The van der Waals surface area contributed by atoms with Crippen molar-refractivity contribution in [2.45, 2.75) is 18.7 Å². The number of anilines is 1. The summed E-state index contributed by atoms with van der Waals surface area (Å²) < 4.78 is 38.7. The molecule has 0 bridgehead atoms. The van der Waals surface area contributed by atoms with Gasteiger partial charge in [0.05, 0.1) is 16.1 Å². The average molecular weight is 464 g/mol. The third-order valence-corrected chi connectivity index (χ3v) is 7.17. The molecule has 0 aliphatic heterocycles. The van der Waals surface area contributed by atoms with Gasteiger partial charge in [0, 0.05) is 24.1 Å². The summed E-state index contributed by atoms with van der Waals surface area (Å²) in [7, 11) is -3.92. The Kier molecular flexibility index (Phi) is 6.02. The van der Waals surface area contributed by atoms with Crippen molar-refractivity contribution < 1.29 is 22.4 Å². The van der Waals surface area contributed by atoms with Crippen molar-refractivity contribution in [3.8, 4) is 5.75 Å². The van der Waals surface area contributed by atoms with E-state index in [4.69, 9.17) is 9.15 Å². The average Bonchev–Trinajstić information content (AvgIpc) is 2.80. The predicted octanol–water partition coefficient (Wildman–Crippen LogP) is 4.54. The molecule has 0 aliphatic rings. The molecule has 0 atom stereocenters. The van der Waals surface area contributed by atoms with Gasteiger partial charge in [-0.05, 0) is 61.9 Å². The first-order valence-electron chi connectivity index (χ1n) is 10.2. The van der Waals surface area contributed by atoms with E-state index in [-0.39, 0.29) is 28.3 Å². The molecule has 8 heteroatoms. The Labute approximate surface area is 190 Å². The zero-order valence-electron chi connectivity index (χ0n) is 18.0. The largest absolute Gasteiger partial charge is 0.423 e. The molecular formula is C25H21NO6S. The van der Waals surface area contributed by atoms with Gasteiger partial charge in [-0.2, -0.15) is 0 Å². The van der Waals surface area contributed by atoms with Crippen molar-refractivity contribution in [2.75, 3.05) is 10.8 Å². The van der Waals surface area contributed by atoms with Crippen LogP contribution in [0.2, 0.25) is 0 Å². The summed E-state index contributed by atoms with van der Waals surface area (Å²) in [5.41, 5.74) is 0.885. The number of fused-ring (bicyclic) bond motifs is 1. The van der Waals surface area contributed by atoms with E-state index >= 15 is 0 Å². The van der Waals surface area contributed by atoms with Gasteiger partial charge in [-0.25, -0.2) is 18.0 Å². The van der Waals surface area contributed by atoms with Crippen LogP contribution < -0.4 is 14.7 Å². The number of esters is 1. The maximum absolute atomic E-state index is 13.4. The molecule has 0 spiro atoms. The lowest BCUT2D eigenvalue weighted by Gasteiger charge is -2.24. The van der Waals surface area contributed by atoms with Crippen LogP contribution in [-0.4, -0.2) is 20.9 Å². The van der Waals surface area contributed by atoms with Crippen LogP contribution >= 0.6 is 0 Å². The molecule has 1 aromatic heterocycles. The minimum absolute atomic E-state index is 0.0205. The molecule has 0 unspecified atom stereocenters. The van der Waals surface area contributed by atoms with Gasteiger partial charge >= 0.3 is 11.6 Å². The van der Waals surface area contributed by atoms with Gasteiger partial charge in [0.2, 0.25) is 0 Å². The second kappa shape index (κ2) is 8.91. The van der Waals surface area contributed by atoms with Crippen molar-refractivity contribution in [1.29, 1.82) is 0 Å². The minimum Gasteiger partial charge on any atom is -0.423 e. The van der Waals surface area contributed by atoms with E-state index in [2.05, 4.69) is 0 Å². The number of rotatable bonds is 6. The first kappa shape index (κ1) is 22.3. The van der Waals surface area contributed by atoms with Gasteiger partial charge in [0.25, 0.3) is 10.0 Å². The monoisotopic (exact) mass is 463 g/mol. The number of carbonyl (C=O) groups excluding carboxylic acids is 1. The minimum atomic E-state index is -3.92. The molecule has 0 N–H and O–H groups in total. The number of hydrogen-bond donors (Lipinski definition) is 0. The molecule has 4 aromatic rings. The number of nitrogens with zero attached hydrogens (tertiary/aromatic N) is 1. The van der Waals surface area contributed by atoms with Crippen LogP contribution in [-0.2, 0) is 10.0 Å². The number of carbonyl (C=O) groups is 1. The molecule has 0 saturated carbocycles. The third kappa shape index (κ3) is 4.51. The van der Waals surface area contributed by atoms with Gasteiger partial charge in [-0.15, -0.1) is 0 Å². The first-order chi connectivity index (χ1) is 15.8. The van der Waals surface area contributed by atoms with Crippen molar-refractivity contribution in [3.05, 3.63) is 100 Å². The van der Waals surface area contributed by atoms with E-state index in [0.29, 0.717) is 16.6 Å². The Bertz CT molecular complexity index is 1490. The van der Waals surface area contributed by atoms with Gasteiger partial charge in [0.1, 0.15) is 11.3 Å². The van der Waals surface area contributed by atoms with Crippen molar-refractivity contribution >= 4 is 32.6 Å². The molecule has 3 aromatic carbocycles. The van der Waals surface area contributed by atoms with E-state index in [1.54, 1.807) is 62.4 Å². The highest BCUT2D eigenvalue weighted by Crippen LogP contribution is 2.27. The van der Waals surface area contributed by atoms with Crippen LogP contribution in [0.4, 0.5) is 5.69 Å². The Morgan fingerprint density at radius 2 is 1.70 bits per heavy atom. The predicted molar refractivity (Wildman–Crippen MR) is 125 cm³/mol. The topological polar surface area (TPSA) is 93.9 Å². The van der Waals surface area contributed by atoms with Crippen LogP contribution in [0.5, 0.6) is 5.75 Å². The molecule has 0 aliphatic carbocycles. The van der Waals surface area contributed by atoms with Gasteiger partial charge in [0.15, 0.2) is 0 Å². The zero-order valence-corrected chi connectivity index (χ0v) is 18.8. The van der Waals surface area contributed by atoms with Crippen LogP contribution in [0.1, 0.15) is 22.8 Å². The van der Waals surface area contributed by atoms with E-state index in [0.717, 1.165) is 0 Å². The van der Waals surface area contributed by atoms with Gasteiger partial charge < -0.3 is 9.15 Å². The SMILES string of the molecule is CCN(c1ccccc1)S(=O)(=O)c1cc(C(=O)Oc2ccc3ccc(=O)oc3c2)ccc1C. The Hall–Kier alpha value is -3.91. The number of benzene rings is 3. The number of para-hydroxylation sites is 1. The maximum Gasteiger partial charge on any atom is 0.343 e. The second-order valence-electron chi connectivity index (χ2n) is 7.33. The third-order valence-electron chi connectivity index (χ3n) is 5.13. The molecule has 7 nitrogen and oxygen atoms in total. The molecule has 0 amide bonds. The Morgan fingerprint density at radius 1 is 0.970 bits per heavy atom. The van der Waals surface area contributed by atoms with Crippen LogP contribution in [0.15, 0.2) is 93.0 Å². The highest BCUT2D eigenvalue weighted by molar-refractivity contribution is 7.92. The quantitative estimate of drug-likeness (QED) is 0.237. The second-order valence-corrected chi connectivity index (χ2v) is 9.16. The normalized spacial score (nSPS) is 11.3. The fraction of sp³-hybridized carbons (Fsp3) is 0.120. The van der Waals surface area contributed by atoms with Gasteiger partial charge in [-0.1, -0.05) is 24.3 Å². The van der Waals surface area contributed by atoms with E-state index < -0.39 is 21.6 Å². The van der Waals surface area contributed by atoms with Crippen molar-refractivity contribution in [2.24, 2.45) is 0 Å². The standard InChI is InChI=1S/C25H21NO6S/c1-3-26(20-7-5-4-6-8-20)33(29,30)23-15-19(10-9-17(23)2)25(28)31-21-13-11-18-12-14-24(27)32-22(18)16-21/h4-16H,3H2,1-2H3. The van der Waals surface area contributed by atoms with Crippen LogP contribution in [0.25, 0.3) is 11.0 Å². The summed E-state index contributed by atoms with van der Waals surface area (Å²) >= 11 is 0. The maximum atomic E-state index is 13.4. The lowest BCUT2D eigenvalue weighted by Crippen LogP contribution is -2.31. The molecular weight excluding hydrogens is 442 g/mol. The lowest BCUT2D eigenvalue weighted by atomic mass is 10.1. The highest BCUT2D eigenvalue weighted by Gasteiger charge is 2.26. The highest BCUT2D eigenvalue weighted by atomic mass is 32.2. The summed E-state index contributed by atoms with van der Waals surface area (Å²) in [4.78, 5) is 24.3. The summed E-state index contributed by atoms with van der Waals surface area (Å²) in [5.74, 6) is -0.557. The fourth-order valence-corrected chi connectivity index (χ4v) is 5.21. The molecule has 0 saturated heterocycles. The molecule has 1 heterocycles. The lowest BCUT2D eigenvalue weighted by molar-refractivity contribution is 0.0734. The molecule has 33 heavy (non-hydrogen) atoms. The van der Waals surface area contributed by atoms with Crippen molar-refractivity contribution in [1.82, 2.24) is 0 Å². The number of sulfonamides is 1. The summed E-state index contributed by atoms with van der Waals surface area (Å²) in [6, 6.07) is 20.7. The first-order valence-corrected chi connectivity index (χ1v) is 11.7. The Balaban J connectivity index is 1.66. The van der Waals surface area contributed by atoms with Crippen molar-refractivity contribution in [3.63, 3.8) is 0 Å². The van der Waals surface area contributed by atoms with E-state index in [9.17, 15) is 18.0 Å². The van der Waals surface area contributed by atoms with Crippen LogP contribution in [0.3, 0.4) is 0 Å². The van der Waals surface area contributed by atoms with Crippen LogP contribution in [0, 0.1) is 6.92 Å². The molecule has 0 fully saturated rings. The van der Waals surface area contributed by atoms with E-state index in [1.807, 2.05) is 6.07 Å². The van der Waals surface area contributed by atoms with Gasteiger partial charge in [-0.3, -0.25) is 4.31 Å². The number of aryl methyl sites for hydroxylation is 1. The van der Waals surface area contributed by atoms with E-state index in [1.165, 1.54) is 28.6 Å².